The first-order valence-corrected chi connectivity index (χ1v) is 7.58. The van der Waals surface area contributed by atoms with Crippen LogP contribution in [0.3, 0.4) is 0 Å². The molecule has 5 nitrogen and oxygen atoms in total. The molecule has 1 N–H and O–H groups in total. The second kappa shape index (κ2) is 5.68. The van der Waals surface area contributed by atoms with E-state index in [1.54, 1.807) is 6.07 Å². The van der Waals surface area contributed by atoms with Gasteiger partial charge in [0.2, 0.25) is 5.09 Å². The third kappa shape index (κ3) is 3.52. The van der Waals surface area contributed by atoms with E-state index in [2.05, 4.69) is 20.7 Å². The lowest BCUT2D eigenvalue weighted by molar-refractivity contribution is 0.109. The molecule has 0 atom stereocenters. The van der Waals surface area contributed by atoms with Gasteiger partial charge in [-0.25, -0.2) is 13.1 Å². The molecule has 100 valence electrons. The molecule has 0 radical (unpaired) electrons. The second-order valence-electron chi connectivity index (χ2n) is 3.73. The van der Waals surface area contributed by atoms with Crippen LogP contribution in [0.5, 0.6) is 0 Å². The largest absolute Gasteiger partial charge is 0.440 e. The summed E-state index contributed by atoms with van der Waals surface area (Å²) in [7, 11) is -3.75. The zero-order chi connectivity index (χ0) is 13.9. The summed E-state index contributed by atoms with van der Waals surface area (Å²) in [5.41, 5.74) is 0.806. The van der Waals surface area contributed by atoms with Gasteiger partial charge in [-0.05, 0) is 29.8 Å². The van der Waals surface area contributed by atoms with Gasteiger partial charge >= 0.3 is 0 Å². The highest BCUT2D eigenvalue weighted by Crippen LogP contribution is 2.14. The summed E-state index contributed by atoms with van der Waals surface area (Å²) in [4.78, 5) is 10.4. The van der Waals surface area contributed by atoms with Crippen molar-refractivity contribution in [2.45, 2.75) is 11.6 Å². The highest BCUT2D eigenvalue weighted by atomic mass is 79.9. The van der Waals surface area contributed by atoms with Crippen LogP contribution in [-0.2, 0) is 16.6 Å². The average molecular weight is 344 g/mol. The number of rotatable bonds is 5. The molecule has 19 heavy (non-hydrogen) atoms. The molecule has 0 saturated carbocycles. The van der Waals surface area contributed by atoms with Gasteiger partial charge in [-0.3, -0.25) is 4.79 Å². The summed E-state index contributed by atoms with van der Waals surface area (Å²) in [6.45, 7) is 0.138. The highest BCUT2D eigenvalue weighted by molar-refractivity contribution is 9.10. The maximum Gasteiger partial charge on any atom is 0.274 e. The number of aldehydes is 1. The number of hydrogen-bond acceptors (Lipinski definition) is 4. The van der Waals surface area contributed by atoms with Crippen LogP contribution in [0, 0.1) is 0 Å². The number of sulfonamides is 1. The standard InChI is InChI=1S/C12H10BrNO4S/c13-10-3-1-2-9(6-10)7-14-19(16,17)12-5-4-11(8-15)18-12/h1-6,8,14H,7H2. The van der Waals surface area contributed by atoms with Crippen LogP contribution < -0.4 is 4.72 Å². The fourth-order valence-electron chi connectivity index (χ4n) is 1.44. The Labute approximate surface area is 118 Å². The van der Waals surface area contributed by atoms with Crippen LogP contribution in [0.4, 0.5) is 0 Å². The van der Waals surface area contributed by atoms with Crippen molar-refractivity contribution in [1.29, 1.82) is 0 Å². The van der Waals surface area contributed by atoms with Crippen molar-refractivity contribution in [3.05, 3.63) is 52.2 Å². The van der Waals surface area contributed by atoms with Crippen molar-refractivity contribution in [2.24, 2.45) is 0 Å². The number of carbonyl (C=O) groups excluding carboxylic acids is 1. The number of carbonyl (C=O) groups is 1. The zero-order valence-corrected chi connectivity index (χ0v) is 12.1. The van der Waals surface area contributed by atoms with Gasteiger partial charge in [0.15, 0.2) is 12.0 Å². The zero-order valence-electron chi connectivity index (χ0n) is 9.67. The first kappa shape index (κ1) is 14.0. The van der Waals surface area contributed by atoms with Crippen molar-refractivity contribution >= 4 is 32.2 Å². The molecule has 7 heteroatoms. The number of benzene rings is 1. The minimum atomic E-state index is -3.75. The van der Waals surface area contributed by atoms with Gasteiger partial charge in [-0.1, -0.05) is 28.1 Å². The first-order chi connectivity index (χ1) is 9.01. The first-order valence-electron chi connectivity index (χ1n) is 5.30. The highest BCUT2D eigenvalue weighted by Gasteiger charge is 2.18. The molecule has 2 aromatic rings. The number of nitrogens with one attached hydrogen (secondary N) is 1. The predicted molar refractivity (Wildman–Crippen MR) is 72.3 cm³/mol. The summed E-state index contributed by atoms with van der Waals surface area (Å²) < 4.78 is 31.9. The average Bonchev–Trinajstić information content (AvgIpc) is 2.86. The van der Waals surface area contributed by atoms with E-state index in [1.165, 1.54) is 12.1 Å². The third-order valence-corrected chi connectivity index (χ3v) is 4.11. The Morgan fingerprint density at radius 1 is 1.26 bits per heavy atom. The molecule has 1 heterocycles. The second-order valence-corrected chi connectivity index (χ2v) is 6.34. The van der Waals surface area contributed by atoms with E-state index < -0.39 is 10.0 Å². The van der Waals surface area contributed by atoms with Crippen molar-refractivity contribution in [3.8, 4) is 0 Å². The van der Waals surface area contributed by atoms with Crippen LogP contribution in [0.1, 0.15) is 16.1 Å². The SMILES string of the molecule is O=Cc1ccc(S(=O)(=O)NCc2cccc(Br)c2)o1. The molecule has 0 unspecified atom stereocenters. The van der Waals surface area contributed by atoms with Gasteiger partial charge in [-0.2, -0.15) is 0 Å². The molecular formula is C12H10BrNO4S. The predicted octanol–water partition coefficient (Wildman–Crippen LogP) is 2.33. The number of hydrogen-bond donors (Lipinski definition) is 1. The Bertz CT molecular complexity index is 693. The summed E-state index contributed by atoms with van der Waals surface area (Å²) in [5, 5.41) is -0.274. The molecule has 2 rings (SSSR count). The Morgan fingerprint density at radius 3 is 2.68 bits per heavy atom. The van der Waals surface area contributed by atoms with Crippen LogP contribution in [0.15, 0.2) is 50.4 Å². The molecule has 0 bridgehead atoms. The molecular weight excluding hydrogens is 334 g/mol. The van der Waals surface area contributed by atoms with Crippen molar-refractivity contribution in [1.82, 2.24) is 4.72 Å². The molecule has 1 aromatic carbocycles. The maximum atomic E-state index is 11.9. The summed E-state index contributed by atoms with van der Waals surface area (Å²) in [6.07, 6.45) is 0.452. The molecule has 0 aliphatic carbocycles. The van der Waals surface area contributed by atoms with Gasteiger partial charge in [0.05, 0.1) is 0 Å². The van der Waals surface area contributed by atoms with E-state index in [1.807, 2.05) is 18.2 Å². The maximum absolute atomic E-state index is 11.9. The molecule has 0 spiro atoms. The lowest BCUT2D eigenvalue weighted by Gasteiger charge is -2.04. The topological polar surface area (TPSA) is 76.4 Å². The normalized spacial score (nSPS) is 11.4. The fourth-order valence-corrected chi connectivity index (χ4v) is 2.84. The summed E-state index contributed by atoms with van der Waals surface area (Å²) >= 11 is 3.31. The summed E-state index contributed by atoms with van der Waals surface area (Å²) in [6, 6.07) is 9.81. The molecule has 0 saturated heterocycles. The van der Waals surface area contributed by atoms with Crippen molar-refractivity contribution in [2.75, 3.05) is 0 Å². The molecule has 0 aliphatic rings. The number of furan rings is 1. The van der Waals surface area contributed by atoms with Crippen LogP contribution in [-0.4, -0.2) is 14.7 Å². The van der Waals surface area contributed by atoms with Gasteiger partial charge in [0.25, 0.3) is 10.0 Å². The molecule has 0 aliphatic heterocycles. The van der Waals surface area contributed by atoms with Crippen molar-refractivity contribution in [3.63, 3.8) is 0 Å². The smallest absolute Gasteiger partial charge is 0.274 e. The monoisotopic (exact) mass is 343 g/mol. The third-order valence-electron chi connectivity index (χ3n) is 2.34. The fraction of sp³-hybridized carbons (Fsp3) is 0.0833. The Kier molecular flexibility index (Phi) is 4.18. The summed E-state index contributed by atoms with van der Waals surface area (Å²) in [5.74, 6) is -0.0252. The van der Waals surface area contributed by atoms with Gasteiger partial charge < -0.3 is 4.42 Å². The lowest BCUT2D eigenvalue weighted by Crippen LogP contribution is -2.22. The minimum Gasteiger partial charge on any atom is -0.440 e. The van der Waals surface area contributed by atoms with E-state index in [9.17, 15) is 13.2 Å². The van der Waals surface area contributed by atoms with E-state index in [4.69, 9.17) is 4.42 Å². The number of halogens is 1. The minimum absolute atomic E-state index is 0.0252. The quantitative estimate of drug-likeness (QED) is 0.845. The molecule has 0 amide bonds. The van der Waals surface area contributed by atoms with Gasteiger partial charge in [-0.15, -0.1) is 0 Å². The van der Waals surface area contributed by atoms with Gasteiger partial charge in [0.1, 0.15) is 0 Å². The van der Waals surface area contributed by atoms with E-state index in [-0.39, 0.29) is 17.4 Å². The van der Waals surface area contributed by atoms with E-state index in [0.717, 1.165) is 10.0 Å². The van der Waals surface area contributed by atoms with E-state index >= 15 is 0 Å². The van der Waals surface area contributed by atoms with Crippen LogP contribution >= 0.6 is 15.9 Å². The Hall–Kier alpha value is -1.44. The Balaban J connectivity index is 2.11. The van der Waals surface area contributed by atoms with Crippen molar-refractivity contribution < 1.29 is 17.6 Å². The lowest BCUT2D eigenvalue weighted by atomic mass is 10.2. The van der Waals surface area contributed by atoms with Crippen LogP contribution in [0.2, 0.25) is 0 Å². The molecule has 0 fully saturated rings. The Morgan fingerprint density at radius 2 is 2.05 bits per heavy atom. The van der Waals surface area contributed by atoms with Gasteiger partial charge in [0, 0.05) is 11.0 Å². The molecule has 1 aromatic heterocycles. The van der Waals surface area contributed by atoms with E-state index in [0.29, 0.717) is 6.29 Å². The van der Waals surface area contributed by atoms with Crippen LogP contribution in [0.25, 0.3) is 0 Å².